The quantitative estimate of drug-likeness (QED) is 0.491. The fourth-order valence-corrected chi connectivity index (χ4v) is 4.68. The number of aryl methyl sites for hydroxylation is 2. The fraction of sp³-hybridized carbons (Fsp3) is 0.400. The van der Waals surface area contributed by atoms with Gasteiger partial charge in [0.2, 0.25) is 5.91 Å². The van der Waals surface area contributed by atoms with Gasteiger partial charge in [0.1, 0.15) is 6.33 Å². The monoisotopic (exact) mass is 464 g/mol. The average Bonchev–Trinajstić information content (AvgIpc) is 3.30. The summed E-state index contributed by atoms with van der Waals surface area (Å²) in [4.78, 5) is 17.3. The van der Waals surface area contributed by atoms with Crippen LogP contribution < -0.4 is 5.32 Å². The van der Waals surface area contributed by atoms with Gasteiger partial charge in [0.05, 0.1) is 5.75 Å². The Morgan fingerprint density at radius 3 is 2.52 bits per heavy atom. The molecule has 0 bridgehead atoms. The van der Waals surface area contributed by atoms with Crippen LogP contribution in [0.5, 0.6) is 0 Å². The first-order valence-electron chi connectivity index (χ1n) is 11.4. The van der Waals surface area contributed by atoms with Gasteiger partial charge in [-0.1, -0.05) is 48.2 Å². The number of hydrogen-bond donors (Lipinski definition) is 1. The second-order valence-corrected chi connectivity index (χ2v) is 9.44. The second-order valence-electron chi connectivity index (χ2n) is 8.49. The SMILES string of the molecule is Cc1ccc(-n2cnnc2SCC(=O)NCCN2CCN(Cc3ccccc3)CC2)cc1C. The van der Waals surface area contributed by atoms with Crippen LogP contribution in [-0.4, -0.2) is 75.5 Å². The number of nitrogens with one attached hydrogen (secondary N) is 1. The van der Waals surface area contributed by atoms with Crippen molar-refractivity contribution >= 4 is 17.7 Å². The van der Waals surface area contributed by atoms with Crippen LogP contribution in [0.3, 0.4) is 0 Å². The Morgan fingerprint density at radius 1 is 1.00 bits per heavy atom. The van der Waals surface area contributed by atoms with Gasteiger partial charge in [-0.2, -0.15) is 0 Å². The van der Waals surface area contributed by atoms with Gasteiger partial charge in [-0.05, 0) is 42.7 Å². The molecular formula is C25H32N6OS. The summed E-state index contributed by atoms with van der Waals surface area (Å²) >= 11 is 1.41. The zero-order valence-electron chi connectivity index (χ0n) is 19.4. The average molecular weight is 465 g/mol. The molecule has 1 saturated heterocycles. The minimum Gasteiger partial charge on any atom is -0.354 e. The molecular weight excluding hydrogens is 432 g/mol. The first kappa shape index (κ1) is 23.5. The molecule has 2 heterocycles. The summed E-state index contributed by atoms with van der Waals surface area (Å²) in [6.07, 6.45) is 1.70. The maximum atomic E-state index is 12.4. The maximum Gasteiger partial charge on any atom is 0.230 e. The Balaban J connectivity index is 1.16. The minimum absolute atomic E-state index is 0.0253. The molecule has 0 spiro atoms. The molecule has 174 valence electrons. The highest BCUT2D eigenvalue weighted by molar-refractivity contribution is 7.99. The molecule has 0 aliphatic carbocycles. The first-order valence-corrected chi connectivity index (χ1v) is 12.4. The number of nitrogens with zero attached hydrogens (tertiary/aromatic N) is 5. The van der Waals surface area contributed by atoms with Crippen LogP contribution in [0.1, 0.15) is 16.7 Å². The molecule has 0 unspecified atom stereocenters. The highest BCUT2D eigenvalue weighted by atomic mass is 32.2. The van der Waals surface area contributed by atoms with E-state index in [2.05, 4.69) is 87.7 Å². The van der Waals surface area contributed by atoms with E-state index in [0.29, 0.717) is 12.3 Å². The van der Waals surface area contributed by atoms with Gasteiger partial charge in [0, 0.05) is 51.5 Å². The number of carbonyl (C=O) groups is 1. The van der Waals surface area contributed by atoms with Crippen molar-refractivity contribution in [1.29, 1.82) is 0 Å². The summed E-state index contributed by atoms with van der Waals surface area (Å²) < 4.78 is 1.93. The standard InChI is InChI=1S/C25H32N6OS/c1-20-8-9-23(16-21(20)2)31-19-27-28-25(31)33-18-24(32)26-10-11-29-12-14-30(15-13-29)17-22-6-4-3-5-7-22/h3-9,16,19H,10-15,17-18H2,1-2H3,(H,26,32). The van der Waals surface area contributed by atoms with Gasteiger partial charge in [0.15, 0.2) is 5.16 Å². The molecule has 3 aromatic rings. The van der Waals surface area contributed by atoms with Crippen LogP contribution in [0.25, 0.3) is 5.69 Å². The number of hydrogen-bond acceptors (Lipinski definition) is 6. The molecule has 2 aromatic carbocycles. The van der Waals surface area contributed by atoms with E-state index in [-0.39, 0.29) is 5.91 Å². The van der Waals surface area contributed by atoms with E-state index >= 15 is 0 Å². The second kappa shape index (κ2) is 11.4. The molecule has 0 atom stereocenters. The van der Waals surface area contributed by atoms with Gasteiger partial charge in [-0.3, -0.25) is 19.2 Å². The molecule has 1 N–H and O–H groups in total. The lowest BCUT2D eigenvalue weighted by atomic mass is 10.1. The van der Waals surface area contributed by atoms with Crippen molar-refractivity contribution in [2.45, 2.75) is 25.5 Å². The Hall–Kier alpha value is -2.68. The summed E-state index contributed by atoms with van der Waals surface area (Å²) in [6.45, 7) is 10.9. The van der Waals surface area contributed by atoms with Crippen molar-refractivity contribution in [3.8, 4) is 5.69 Å². The third-order valence-electron chi connectivity index (χ3n) is 6.08. The number of aromatic nitrogens is 3. The van der Waals surface area contributed by atoms with E-state index in [1.165, 1.54) is 28.5 Å². The first-order chi connectivity index (χ1) is 16.1. The van der Waals surface area contributed by atoms with Gasteiger partial charge in [-0.15, -0.1) is 10.2 Å². The lowest BCUT2D eigenvalue weighted by molar-refractivity contribution is -0.118. The third kappa shape index (κ3) is 6.66. The van der Waals surface area contributed by atoms with Crippen molar-refractivity contribution in [3.63, 3.8) is 0 Å². The molecule has 1 aliphatic heterocycles. The molecule has 7 nitrogen and oxygen atoms in total. The van der Waals surface area contributed by atoms with Crippen LogP contribution in [0.4, 0.5) is 0 Å². The van der Waals surface area contributed by atoms with Gasteiger partial charge in [-0.25, -0.2) is 0 Å². The molecule has 8 heteroatoms. The summed E-state index contributed by atoms with van der Waals surface area (Å²) in [5, 5.41) is 12.0. The van der Waals surface area contributed by atoms with E-state index in [1.807, 2.05) is 4.57 Å². The van der Waals surface area contributed by atoms with Crippen molar-refractivity contribution in [2.24, 2.45) is 0 Å². The van der Waals surface area contributed by atoms with E-state index in [4.69, 9.17) is 0 Å². The number of amides is 1. The van der Waals surface area contributed by atoms with Crippen LogP contribution in [0.15, 0.2) is 60.0 Å². The highest BCUT2D eigenvalue weighted by Gasteiger charge is 2.17. The molecule has 0 saturated carbocycles. The Morgan fingerprint density at radius 2 is 1.76 bits per heavy atom. The molecule has 1 fully saturated rings. The zero-order chi connectivity index (χ0) is 23.0. The topological polar surface area (TPSA) is 66.3 Å². The number of rotatable bonds is 9. The number of piperazine rings is 1. The predicted octanol–water partition coefficient (Wildman–Crippen LogP) is 2.91. The summed E-state index contributed by atoms with van der Waals surface area (Å²) in [5.74, 6) is 0.353. The normalized spacial score (nSPS) is 15.0. The Bertz CT molecular complexity index is 1050. The maximum absolute atomic E-state index is 12.4. The molecule has 33 heavy (non-hydrogen) atoms. The zero-order valence-corrected chi connectivity index (χ0v) is 20.2. The number of benzene rings is 2. The highest BCUT2D eigenvalue weighted by Crippen LogP contribution is 2.21. The van der Waals surface area contributed by atoms with Crippen molar-refractivity contribution in [2.75, 3.05) is 45.0 Å². The van der Waals surface area contributed by atoms with Crippen LogP contribution in [0.2, 0.25) is 0 Å². The van der Waals surface area contributed by atoms with Crippen LogP contribution in [-0.2, 0) is 11.3 Å². The summed E-state index contributed by atoms with van der Waals surface area (Å²) in [7, 11) is 0. The third-order valence-corrected chi connectivity index (χ3v) is 7.02. The fourth-order valence-electron chi connectivity index (χ4n) is 3.92. The van der Waals surface area contributed by atoms with Gasteiger partial charge in [0.25, 0.3) is 0 Å². The Kier molecular flexibility index (Phi) is 8.15. The molecule has 1 aliphatic rings. The van der Waals surface area contributed by atoms with Gasteiger partial charge >= 0.3 is 0 Å². The largest absolute Gasteiger partial charge is 0.354 e. The molecule has 0 radical (unpaired) electrons. The van der Waals surface area contributed by atoms with Crippen molar-refractivity contribution in [3.05, 3.63) is 71.5 Å². The summed E-state index contributed by atoms with van der Waals surface area (Å²) in [5.41, 5.74) is 4.84. The number of carbonyl (C=O) groups excluding carboxylic acids is 1. The molecule has 4 rings (SSSR count). The van der Waals surface area contributed by atoms with E-state index in [0.717, 1.165) is 50.1 Å². The number of thioether (sulfide) groups is 1. The smallest absolute Gasteiger partial charge is 0.230 e. The predicted molar refractivity (Wildman–Crippen MR) is 133 cm³/mol. The van der Waals surface area contributed by atoms with Crippen LogP contribution in [0, 0.1) is 13.8 Å². The van der Waals surface area contributed by atoms with Gasteiger partial charge < -0.3 is 5.32 Å². The Labute approximate surface area is 200 Å². The van der Waals surface area contributed by atoms with Crippen molar-refractivity contribution in [1.82, 2.24) is 29.9 Å². The molecule has 1 aromatic heterocycles. The summed E-state index contributed by atoms with van der Waals surface area (Å²) in [6, 6.07) is 16.9. The van der Waals surface area contributed by atoms with E-state index in [9.17, 15) is 4.79 Å². The van der Waals surface area contributed by atoms with E-state index < -0.39 is 0 Å². The molecule has 1 amide bonds. The minimum atomic E-state index is 0.0253. The van der Waals surface area contributed by atoms with Crippen molar-refractivity contribution < 1.29 is 4.79 Å². The van der Waals surface area contributed by atoms with Crippen LogP contribution >= 0.6 is 11.8 Å². The van der Waals surface area contributed by atoms with E-state index in [1.54, 1.807) is 6.33 Å². The lowest BCUT2D eigenvalue weighted by Gasteiger charge is -2.34. The lowest BCUT2D eigenvalue weighted by Crippen LogP contribution is -2.48.